The summed E-state index contributed by atoms with van der Waals surface area (Å²) in [6.45, 7) is 0. The van der Waals surface area contributed by atoms with E-state index < -0.39 is 5.91 Å². The molecule has 138 valence electrons. The van der Waals surface area contributed by atoms with Gasteiger partial charge >= 0.3 is 0 Å². The van der Waals surface area contributed by atoms with Crippen LogP contribution in [0.4, 0.5) is 21.6 Å². The highest BCUT2D eigenvalue weighted by Gasteiger charge is 2.12. The van der Waals surface area contributed by atoms with Crippen LogP contribution in [-0.4, -0.2) is 30.1 Å². The fourth-order valence-corrected chi connectivity index (χ4v) is 2.28. The van der Waals surface area contributed by atoms with Gasteiger partial charge in [0, 0.05) is 11.8 Å². The largest absolute Gasteiger partial charge is 0.497 e. The number of amides is 1. The Labute approximate surface area is 155 Å². The fourth-order valence-electron chi connectivity index (χ4n) is 2.28. The summed E-state index contributed by atoms with van der Waals surface area (Å²) in [5, 5.41) is 5.69. The molecule has 2 aromatic carbocycles. The van der Waals surface area contributed by atoms with E-state index in [9.17, 15) is 9.18 Å². The summed E-state index contributed by atoms with van der Waals surface area (Å²) in [5.74, 6) is 0.748. The number of carbonyl (C=O) groups is 1. The Kier molecular flexibility index (Phi) is 5.46. The summed E-state index contributed by atoms with van der Waals surface area (Å²) in [6.07, 6.45) is 2.76. The molecule has 3 rings (SSSR count). The Morgan fingerprint density at radius 1 is 1.00 bits per heavy atom. The molecule has 0 bridgehead atoms. The quantitative estimate of drug-likeness (QED) is 0.691. The number of methoxy groups -OCH3 is 2. The maximum absolute atomic E-state index is 12.9. The molecular formula is C19H17FN4O3. The van der Waals surface area contributed by atoms with Gasteiger partial charge in [-0.05, 0) is 36.4 Å². The average molecular weight is 368 g/mol. The molecule has 0 saturated heterocycles. The molecule has 0 fully saturated rings. The summed E-state index contributed by atoms with van der Waals surface area (Å²) in [7, 11) is 3.05. The van der Waals surface area contributed by atoms with Gasteiger partial charge in [-0.25, -0.2) is 14.4 Å². The van der Waals surface area contributed by atoms with E-state index in [0.717, 1.165) is 0 Å². The molecule has 0 aliphatic carbocycles. The van der Waals surface area contributed by atoms with E-state index in [1.165, 1.54) is 31.6 Å². The maximum Gasteiger partial charge on any atom is 0.275 e. The van der Waals surface area contributed by atoms with E-state index in [1.54, 1.807) is 37.4 Å². The van der Waals surface area contributed by atoms with E-state index in [1.807, 2.05) is 0 Å². The van der Waals surface area contributed by atoms with Crippen molar-refractivity contribution in [3.63, 3.8) is 0 Å². The van der Waals surface area contributed by atoms with E-state index in [2.05, 4.69) is 20.6 Å². The van der Waals surface area contributed by atoms with Crippen LogP contribution >= 0.6 is 0 Å². The zero-order valence-electron chi connectivity index (χ0n) is 14.7. The van der Waals surface area contributed by atoms with E-state index in [0.29, 0.717) is 28.7 Å². The molecule has 0 atom stereocenters. The first-order valence-electron chi connectivity index (χ1n) is 7.97. The summed E-state index contributed by atoms with van der Waals surface area (Å²) < 4.78 is 23.3. The Morgan fingerprint density at radius 3 is 2.41 bits per heavy atom. The number of ether oxygens (including phenoxy) is 2. The third-order valence-electron chi connectivity index (χ3n) is 3.66. The molecule has 0 saturated carbocycles. The molecule has 0 spiro atoms. The highest BCUT2D eigenvalue weighted by atomic mass is 19.1. The number of anilines is 3. The SMILES string of the molecule is COc1ccc(NC(=O)c2cnc(Nc3ccc(F)cc3)cn2)c(OC)c1. The number of nitrogens with zero attached hydrogens (tertiary/aromatic N) is 2. The van der Waals surface area contributed by atoms with E-state index in [-0.39, 0.29) is 11.5 Å². The first-order chi connectivity index (χ1) is 13.1. The Bertz CT molecular complexity index is 931. The molecular weight excluding hydrogens is 351 g/mol. The summed E-state index contributed by atoms with van der Waals surface area (Å²) in [5.41, 5.74) is 1.28. The molecule has 0 aliphatic heterocycles. The van der Waals surface area contributed by atoms with Gasteiger partial charge in [0.2, 0.25) is 0 Å². The van der Waals surface area contributed by atoms with Gasteiger partial charge in [-0.3, -0.25) is 4.79 Å². The lowest BCUT2D eigenvalue weighted by molar-refractivity contribution is 0.102. The highest BCUT2D eigenvalue weighted by molar-refractivity contribution is 6.03. The minimum atomic E-state index is -0.431. The van der Waals surface area contributed by atoms with E-state index >= 15 is 0 Å². The van der Waals surface area contributed by atoms with Crippen molar-refractivity contribution in [2.45, 2.75) is 0 Å². The van der Waals surface area contributed by atoms with E-state index in [4.69, 9.17) is 9.47 Å². The van der Waals surface area contributed by atoms with Gasteiger partial charge in [0.05, 0.1) is 32.3 Å². The highest BCUT2D eigenvalue weighted by Crippen LogP contribution is 2.29. The van der Waals surface area contributed by atoms with Crippen molar-refractivity contribution in [1.29, 1.82) is 0 Å². The van der Waals surface area contributed by atoms with Crippen LogP contribution in [0.3, 0.4) is 0 Å². The van der Waals surface area contributed by atoms with Crippen LogP contribution in [0.2, 0.25) is 0 Å². The van der Waals surface area contributed by atoms with Crippen LogP contribution in [0.25, 0.3) is 0 Å². The Hall–Kier alpha value is -3.68. The molecule has 27 heavy (non-hydrogen) atoms. The lowest BCUT2D eigenvalue weighted by Gasteiger charge is -2.11. The van der Waals surface area contributed by atoms with Crippen molar-refractivity contribution in [2.75, 3.05) is 24.9 Å². The van der Waals surface area contributed by atoms with Crippen LogP contribution in [0, 0.1) is 5.82 Å². The molecule has 3 aromatic rings. The molecule has 0 radical (unpaired) electrons. The smallest absolute Gasteiger partial charge is 0.275 e. The molecule has 1 aromatic heterocycles. The topological polar surface area (TPSA) is 85.4 Å². The number of hydrogen-bond donors (Lipinski definition) is 2. The monoisotopic (exact) mass is 368 g/mol. The third-order valence-corrected chi connectivity index (χ3v) is 3.66. The molecule has 7 nitrogen and oxygen atoms in total. The zero-order valence-corrected chi connectivity index (χ0v) is 14.7. The number of nitrogens with one attached hydrogen (secondary N) is 2. The molecule has 2 N–H and O–H groups in total. The van der Waals surface area contributed by atoms with Crippen molar-refractivity contribution in [3.8, 4) is 11.5 Å². The van der Waals surface area contributed by atoms with Crippen LogP contribution in [0.1, 0.15) is 10.5 Å². The molecule has 1 heterocycles. The number of hydrogen-bond acceptors (Lipinski definition) is 6. The Morgan fingerprint density at radius 2 is 1.78 bits per heavy atom. The summed E-state index contributed by atoms with van der Waals surface area (Å²) in [6, 6.07) is 10.9. The van der Waals surface area contributed by atoms with Crippen LogP contribution in [0.15, 0.2) is 54.9 Å². The predicted molar refractivity (Wildman–Crippen MR) is 99.2 cm³/mol. The van der Waals surface area contributed by atoms with Gasteiger partial charge in [0.15, 0.2) is 0 Å². The Balaban J connectivity index is 1.69. The fraction of sp³-hybridized carbons (Fsp3) is 0.105. The first-order valence-corrected chi connectivity index (χ1v) is 7.97. The second-order valence-electron chi connectivity index (χ2n) is 5.44. The number of carbonyl (C=O) groups excluding carboxylic acids is 1. The van der Waals surface area contributed by atoms with Gasteiger partial charge in [-0.1, -0.05) is 0 Å². The van der Waals surface area contributed by atoms with Crippen LogP contribution in [-0.2, 0) is 0 Å². The standard InChI is InChI=1S/C19H17FN4O3/c1-26-14-7-8-15(17(9-14)27-2)24-19(25)16-10-22-18(11-21-16)23-13-5-3-12(20)4-6-13/h3-11H,1-2H3,(H,22,23)(H,24,25). The van der Waals surface area contributed by atoms with Crippen LogP contribution in [0.5, 0.6) is 11.5 Å². The van der Waals surface area contributed by atoms with Gasteiger partial charge in [-0.2, -0.15) is 0 Å². The minimum Gasteiger partial charge on any atom is -0.497 e. The number of aromatic nitrogens is 2. The summed E-state index contributed by atoms with van der Waals surface area (Å²) >= 11 is 0. The molecule has 0 unspecified atom stereocenters. The van der Waals surface area contributed by atoms with Crippen molar-refractivity contribution in [3.05, 3.63) is 66.4 Å². The van der Waals surface area contributed by atoms with Crippen molar-refractivity contribution in [2.24, 2.45) is 0 Å². The number of rotatable bonds is 6. The maximum atomic E-state index is 12.9. The average Bonchev–Trinajstić information content (AvgIpc) is 2.70. The van der Waals surface area contributed by atoms with Crippen LogP contribution < -0.4 is 20.1 Å². The van der Waals surface area contributed by atoms with Gasteiger partial charge in [-0.15, -0.1) is 0 Å². The molecule has 8 heteroatoms. The molecule has 1 amide bonds. The second-order valence-corrected chi connectivity index (χ2v) is 5.44. The predicted octanol–water partition coefficient (Wildman–Crippen LogP) is 3.63. The first kappa shape index (κ1) is 18.1. The minimum absolute atomic E-state index is 0.137. The number of halogens is 1. The summed E-state index contributed by atoms with van der Waals surface area (Å²) in [4.78, 5) is 20.6. The number of benzene rings is 2. The van der Waals surface area contributed by atoms with Gasteiger partial charge < -0.3 is 20.1 Å². The lowest BCUT2D eigenvalue weighted by Crippen LogP contribution is -2.15. The second kappa shape index (κ2) is 8.13. The van der Waals surface area contributed by atoms with Crippen molar-refractivity contribution in [1.82, 2.24) is 9.97 Å². The normalized spacial score (nSPS) is 10.2. The van der Waals surface area contributed by atoms with Gasteiger partial charge in [0.1, 0.15) is 28.8 Å². The van der Waals surface area contributed by atoms with Gasteiger partial charge in [0.25, 0.3) is 5.91 Å². The van der Waals surface area contributed by atoms with Crippen molar-refractivity contribution >= 4 is 23.1 Å². The third kappa shape index (κ3) is 4.49. The molecule has 0 aliphatic rings. The zero-order chi connectivity index (χ0) is 19.2. The lowest BCUT2D eigenvalue weighted by atomic mass is 10.2. The van der Waals surface area contributed by atoms with Crippen molar-refractivity contribution < 1.29 is 18.7 Å².